The van der Waals surface area contributed by atoms with Crippen LogP contribution in [0.3, 0.4) is 0 Å². The topological polar surface area (TPSA) is 120 Å². The first-order valence-electron chi connectivity index (χ1n) is 9.21. The number of nitrogens with one attached hydrogen (secondary N) is 2. The minimum atomic E-state index is -4.91. The summed E-state index contributed by atoms with van der Waals surface area (Å²) in [6.45, 7) is 0. The first kappa shape index (κ1) is 24.7. The number of methoxy groups -OCH3 is 1. The van der Waals surface area contributed by atoms with Crippen molar-refractivity contribution in [3.05, 3.63) is 65.6 Å². The number of aromatic nitrogens is 2. The zero-order valence-electron chi connectivity index (χ0n) is 17.5. The highest BCUT2D eigenvalue weighted by Crippen LogP contribution is 2.35. The number of carbonyl (C=O) groups is 1. The molecule has 0 aliphatic rings. The Bertz CT molecular complexity index is 1330. The van der Waals surface area contributed by atoms with Crippen LogP contribution in [0.1, 0.15) is 16.1 Å². The van der Waals surface area contributed by atoms with E-state index in [9.17, 15) is 30.8 Å². The minimum Gasteiger partial charge on any atom is -0.493 e. The van der Waals surface area contributed by atoms with Crippen molar-refractivity contribution >= 4 is 27.3 Å². The minimum absolute atomic E-state index is 0.0642. The maximum atomic E-state index is 13.4. The van der Waals surface area contributed by atoms with Crippen molar-refractivity contribution in [2.75, 3.05) is 23.4 Å². The Balaban J connectivity index is 1.98. The van der Waals surface area contributed by atoms with E-state index in [-0.39, 0.29) is 22.9 Å². The second-order valence-corrected chi connectivity index (χ2v) is 8.50. The lowest BCUT2D eigenvalue weighted by atomic mass is 10.2. The molecule has 0 spiro atoms. The van der Waals surface area contributed by atoms with Crippen LogP contribution in [0.25, 0.3) is 0 Å². The largest absolute Gasteiger partial charge is 0.493 e. The summed E-state index contributed by atoms with van der Waals surface area (Å²) in [7, 11) is -2.40. The second kappa shape index (κ2) is 9.51. The zero-order chi connectivity index (χ0) is 25.1. The van der Waals surface area contributed by atoms with Gasteiger partial charge in [-0.3, -0.25) is 9.52 Å². The molecule has 0 bridgehead atoms. The van der Waals surface area contributed by atoms with E-state index in [4.69, 9.17) is 9.47 Å². The Labute approximate surface area is 190 Å². The van der Waals surface area contributed by atoms with Crippen LogP contribution in [0.2, 0.25) is 0 Å². The quantitative estimate of drug-likeness (QED) is 0.470. The fourth-order valence-corrected chi connectivity index (χ4v) is 3.22. The number of amides is 1. The number of benzene rings is 2. The van der Waals surface area contributed by atoms with Gasteiger partial charge < -0.3 is 14.8 Å². The molecule has 0 unspecified atom stereocenters. The van der Waals surface area contributed by atoms with E-state index in [1.807, 2.05) is 0 Å². The number of halogens is 4. The van der Waals surface area contributed by atoms with Gasteiger partial charge >= 0.3 is 6.18 Å². The number of ether oxygens (including phenoxy) is 2. The molecule has 0 radical (unpaired) electrons. The standard InChI is InChI=1S/C20H16F4N4O5S/c1-32-16-8-11(21)6-7-15(16)33-19-14(10-17(26-27-19)20(22,23)24)18(29)25-12-4-3-5-13(9-12)28-34(2,30)31/h3-10,28H,1-2H3,(H,25,29). The summed E-state index contributed by atoms with van der Waals surface area (Å²) in [5.41, 5.74) is -1.93. The number of nitrogens with zero attached hydrogens (tertiary/aromatic N) is 2. The Morgan fingerprint density at radius 3 is 2.35 bits per heavy atom. The number of anilines is 2. The summed E-state index contributed by atoms with van der Waals surface area (Å²) in [6, 6.07) is 9.00. The van der Waals surface area contributed by atoms with Gasteiger partial charge in [-0.05, 0) is 36.4 Å². The SMILES string of the molecule is COc1cc(F)ccc1Oc1nnc(C(F)(F)F)cc1C(=O)Nc1cccc(NS(C)(=O)=O)c1. The number of sulfonamides is 1. The van der Waals surface area contributed by atoms with E-state index in [1.165, 1.54) is 31.4 Å². The molecule has 0 saturated heterocycles. The number of hydrogen-bond donors (Lipinski definition) is 2. The zero-order valence-corrected chi connectivity index (χ0v) is 18.3. The monoisotopic (exact) mass is 500 g/mol. The molecule has 3 rings (SSSR count). The van der Waals surface area contributed by atoms with Crippen LogP contribution in [0, 0.1) is 5.82 Å². The molecule has 1 heterocycles. The van der Waals surface area contributed by atoms with Crippen molar-refractivity contribution in [2.45, 2.75) is 6.18 Å². The molecule has 1 aromatic heterocycles. The summed E-state index contributed by atoms with van der Waals surface area (Å²) in [6.07, 6.45) is -3.99. The number of hydrogen-bond acceptors (Lipinski definition) is 7. The van der Waals surface area contributed by atoms with E-state index < -0.39 is 45.1 Å². The molecule has 0 saturated carbocycles. The van der Waals surface area contributed by atoms with E-state index in [1.54, 1.807) is 0 Å². The lowest BCUT2D eigenvalue weighted by Gasteiger charge is -2.14. The third-order valence-electron chi connectivity index (χ3n) is 4.05. The molecule has 0 aliphatic carbocycles. The van der Waals surface area contributed by atoms with Gasteiger partial charge in [-0.1, -0.05) is 6.07 Å². The third-order valence-corrected chi connectivity index (χ3v) is 4.66. The maximum Gasteiger partial charge on any atom is 0.435 e. The lowest BCUT2D eigenvalue weighted by Crippen LogP contribution is -2.18. The van der Waals surface area contributed by atoms with Crippen molar-refractivity contribution in [3.63, 3.8) is 0 Å². The van der Waals surface area contributed by atoms with Crippen LogP contribution in [0.15, 0.2) is 48.5 Å². The molecular weight excluding hydrogens is 484 g/mol. The molecular formula is C20H16F4N4O5S. The van der Waals surface area contributed by atoms with Crippen molar-refractivity contribution < 1.29 is 40.2 Å². The highest BCUT2D eigenvalue weighted by atomic mass is 32.2. The molecule has 0 fully saturated rings. The van der Waals surface area contributed by atoms with E-state index in [0.717, 1.165) is 24.5 Å². The smallest absolute Gasteiger partial charge is 0.435 e. The van der Waals surface area contributed by atoms with E-state index in [2.05, 4.69) is 20.2 Å². The predicted molar refractivity (Wildman–Crippen MR) is 113 cm³/mol. The summed E-state index contributed by atoms with van der Waals surface area (Å²) >= 11 is 0. The van der Waals surface area contributed by atoms with Crippen LogP contribution < -0.4 is 19.5 Å². The van der Waals surface area contributed by atoms with Crippen molar-refractivity contribution in [2.24, 2.45) is 0 Å². The van der Waals surface area contributed by atoms with Crippen LogP contribution >= 0.6 is 0 Å². The molecule has 3 aromatic rings. The summed E-state index contributed by atoms with van der Waals surface area (Å²) in [5, 5.41) is 8.77. The van der Waals surface area contributed by atoms with Gasteiger partial charge in [-0.15, -0.1) is 10.2 Å². The van der Waals surface area contributed by atoms with Gasteiger partial charge in [0.25, 0.3) is 11.8 Å². The molecule has 14 heteroatoms. The average Bonchev–Trinajstić information content (AvgIpc) is 2.73. The molecule has 1 amide bonds. The summed E-state index contributed by atoms with van der Waals surface area (Å²) < 4.78 is 88.4. The number of carbonyl (C=O) groups excluding carboxylic acids is 1. The fraction of sp³-hybridized carbons (Fsp3) is 0.150. The van der Waals surface area contributed by atoms with Crippen LogP contribution in [0.4, 0.5) is 28.9 Å². The molecule has 34 heavy (non-hydrogen) atoms. The van der Waals surface area contributed by atoms with Crippen LogP contribution in [-0.4, -0.2) is 37.9 Å². The van der Waals surface area contributed by atoms with Gasteiger partial charge in [-0.2, -0.15) is 13.2 Å². The molecule has 2 aromatic carbocycles. The van der Waals surface area contributed by atoms with Gasteiger partial charge in [0.2, 0.25) is 10.0 Å². The molecule has 9 nitrogen and oxygen atoms in total. The first-order valence-corrected chi connectivity index (χ1v) is 11.1. The Morgan fingerprint density at radius 1 is 1.00 bits per heavy atom. The van der Waals surface area contributed by atoms with Crippen molar-refractivity contribution in [3.8, 4) is 17.4 Å². The van der Waals surface area contributed by atoms with Gasteiger partial charge in [0.05, 0.1) is 19.1 Å². The highest BCUT2D eigenvalue weighted by Gasteiger charge is 2.35. The van der Waals surface area contributed by atoms with E-state index in [0.29, 0.717) is 6.07 Å². The lowest BCUT2D eigenvalue weighted by molar-refractivity contribution is -0.141. The maximum absolute atomic E-state index is 13.4. The van der Waals surface area contributed by atoms with Crippen molar-refractivity contribution in [1.82, 2.24) is 10.2 Å². The summed E-state index contributed by atoms with van der Waals surface area (Å²) in [5.74, 6) is -2.57. The Morgan fingerprint density at radius 2 is 1.71 bits per heavy atom. The van der Waals surface area contributed by atoms with Crippen LogP contribution in [0.5, 0.6) is 17.4 Å². The van der Waals surface area contributed by atoms with Crippen molar-refractivity contribution in [1.29, 1.82) is 0 Å². The summed E-state index contributed by atoms with van der Waals surface area (Å²) in [4.78, 5) is 12.9. The van der Waals surface area contributed by atoms with Gasteiger partial charge in [-0.25, -0.2) is 12.8 Å². The predicted octanol–water partition coefficient (Wildman–Crippen LogP) is 4.06. The highest BCUT2D eigenvalue weighted by molar-refractivity contribution is 7.92. The number of alkyl halides is 3. The van der Waals surface area contributed by atoms with Gasteiger partial charge in [0.15, 0.2) is 17.2 Å². The fourth-order valence-electron chi connectivity index (χ4n) is 2.66. The first-order chi connectivity index (χ1) is 15.9. The van der Waals surface area contributed by atoms with Gasteiger partial charge in [0.1, 0.15) is 11.4 Å². The molecule has 0 aliphatic heterocycles. The molecule has 180 valence electrons. The van der Waals surface area contributed by atoms with Gasteiger partial charge in [0, 0.05) is 11.8 Å². The van der Waals surface area contributed by atoms with E-state index >= 15 is 0 Å². The molecule has 2 N–H and O–H groups in total. The normalized spacial score (nSPS) is 11.6. The van der Waals surface area contributed by atoms with Crippen LogP contribution in [-0.2, 0) is 16.2 Å². The average molecular weight is 500 g/mol. The Hall–Kier alpha value is -3.94. The number of rotatable bonds is 7. The molecule has 0 atom stereocenters. The third kappa shape index (κ3) is 6.31. The second-order valence-electron chi connectivity index (χ2n) is 6.75. The Kier molecular flexibility index (Phi) is 6.91.